The molecule has 3 aromatic rings. The van der Waals surface area contributed by atoms with Crippen LogP contribution in [-0.2, 0) is 0 Å². The standard InChI is InChI=1S/C26H21N9O3/c27-12-18-20(29)19-21(32-26(31-13-28)34-23(19)33-22(18)30)14-6-8-15(9-7-14)38-11-3-10-35-24(36)16-4-1-2-5-17(16)25(35)37/h1-2,4-9,21H,3,10-11H2,(H6,29,30,31,32,33,34). The summed E-state index contributed by atoms with van der Waals surface area (Å²) >= 11 is 0. The molecule has 2 aliphatic rings. The summed E-state index contributed by atoms with van der Waals surface area (Å²) in [5, 5.41) is 23.8. The molecule has 5 rings (SSSR count). The van der Waals surface area contributed by atoms with Crippen molar-refractivity contribution in [2.24, 2.45) is 4.99 Å². The Labute approximate surface area is 217 Å². The van der Waals surface area contributed by atoms with Crippen molar-refractivity contribution in [1.29, 1.82) is 10.5 Å². The van der Waals surface area contributed by atoms with Crippen molar-refractivity contribution in [2.45, 2.75) is 12.5 Å². The molecule has 12 heteroatoms. The minimum absolute atomic E-state index is 0.0295. The number of nitriles is 2. The van der Waals surface area contributed by atoms with Crippen molar-refractivity contribution < 1.29 is 14.3 Å². The second kappa shape index (κ2) is 9.79. The lowest BCUT2D eigenvalue weighted by atomic mass is 9.95. The minimum Gasteiger partial charge on any atom is -0.494 e. The Morgan fingerprint density at radius 1 is 1.05 bits per heavy atom. The highest BCUT2D eigenvalue weighted by Crippen LogP contribution is 2.40. The maximum Gasteiger partial charge on any atom is 0.261 e. The minimum atomic E-state index is -0.662. The summed E-state index contributed by atoms with van der Waals surface area (Å²) in [5.74, 6) is 0.416. The number of ether oxygens (including phenoxy) is 1. The SMILES string of the molecule is N#CNC1=NC(c2ccc(OCCCN3C(=O)c4ccccc4C3=O)cc2)c2c(nc(N)c(C#N)c2N)N1. The zero-order chi connectivity index (χ0) is 26.8. The van der Waals surface area contributed by atoms with E-state index >= 15 is 0 Å². The smallest absolute Gasteiger partial charge is 0.261 e. The molecule has 0 aliphatic carbocycles. The number of pyridine rings is 1. The number of aliphatic imine (C=N–C) groups is 1. The van der Waals surface area contributed by atoms with Gasteiger partial charge in [-0.1, -0.05) is 24.3 Å². The number of carbonyl (C=O) groups excluding carboxylic acids is 2. The van der Waals surface area contributed by atoms with E-state index in [0.717, 1.165) is 0 Å². The first-order valence-electron chi connectivity index (χ1n) is 11.6. The molecule has 1 aromatic heterocycles. The van der Waals surface area contributed by atoms with Gasteiger partial charge in [0.1, 0.15) is 35.1 Å². The molecule has 6 N–H and O–H groups in total. The summed E-state index contributed by atoms with van der Waals surface area (Å²) < 4.78 is 5.81. The van der Waals surface area contributed by atoms with Crippen LogP contribution in [0.5, 0.6) is 5.75 Å². The number of imide groups is 1. The molecule has 188 valence electrons. The molecule has 1 unspecified atom stereocenters. The van der Waals surface area contributed by atoms with Crippen molar-refractivity contribution in [3.63, 3.8) is 0 Å². The molecule has 0 saturated heterocycles. The van der Waals surface area contributed by atoms with E-state index in [-0.39, 0.29) is 41.4 Å². The number of nitrogens with two attached hydrogens (primary N) is 2. The lowest BCUT2D eigenvalue weighted by molar-refractivity contribution is 0.0646. The van der Waals surface area contributed by atoms with Crippen LogP contribution in [0.1, 0.15) is 49.9 Å². The average Bonchev–Trinajstić information content (AvgIpc) is 3.16. The first kappa shape index (κ1) is 24.1. The van der Waals surface area contributed by atoms with E-state index in [1.54, 1.807) is 48.5 Å². The Bertz CT molecular complexity index is 1530. The Kier molecular flexibility index (Phi) is 6.21. The Hall–Kier alpha value is -5.62. The lowest BCUT2D eigenvalue weighted by Gasteiger charge is -2.26. The number of nitrogens with zero attached hydrogens (tertiary/aromatic N) is 5. The first-order valence-corrected chi connectivity index (χ1v) is 11.6. The van der Waals surface area contributed by atoms with E-state index in [4.69, 9.17) is 21.5 Å². The van der Waals surface area contributed by atoms with Crippen LogP contribution >= 0.6 is 0 Å². The van der Waals surface area contributed by atoms with Gasteiger partial charge in [0.2, 0.25) is 5.96 Å². The molecule has 1 atom stereocenters. The van der Waals surface area contributed by atoms with Gasteiger partial charge in [0.15, 0.2) is 6.19 Å². The van der Waals surface area contributed by atoms with Gasteiger partial charge < -0.3 is 21.5 Å². The third-order valence-corrected chi connectivity index (χ3v) is 6.23. The molecule has 0 spiro atoms. The number of amides is 2. The molecule has 0 fully saturated rings. The number of nitrogen functional groups attached to an aromatic ring is 2. The fourth-order valence-electron chi connectivity index (χ4n) is 4.42. The fourth-order valence-corrected chi connectivity index (χ4v) is 4.42. The Morgan fingerprint density at radius 3 is 2.37 bits per heavy atom. The largest absolute Gasteiger partial charge is 0.494 e. The maximum absolute atomic E-state index is 12.5. The number of rotatable bonds is 6. The van der Waals surface area contributed by atoms with E-state index in [1.807, 2.05) is 12.3 Å². The predicted molar refractivity (Wildman–Crippen MR) is 138 cm³/mol. The van der Waals surface area contributed by atoms with Crippen LogP contribution in [0.4, 0.5) is 17.3 Å². The molecule has 0 saturated carbocycles. The summed E-state index contributed by atoms with van der Waals surface area (Å²) in [4.78, 5) is 35.0. The number of hydrogen-bond acceptors (Lipinski definition) is 11. The van der Waals surface area contributed by atoms with Crippen LogP contribution in [-0.4, -0.2) is 40.8 Å². The Morgan fingerprint density at radius 2 is 1.74 bits per heavy atom. The second-order valence-corrected chi connectivity index (χ2v) is 8.48. The normalized spacial score (nSPS) is 15.5. The van der Waals surface area contributed by atoms with E-state index in [2.05, 4.69) is 20.6 Å². The summed E-state index contributed by atoms with van der Waals surface area (Å²) in [7, 11) is 0. The van der Waals surface area contributed by atoms with Crippen LogP contribution in [0, 0.1) is 22.8 Å². The summed E-state index contributed by atoms with van der Waals surface area (Å²) in [6.45, 7) is 0.537. The quantitative estimate of drug-likeness (QED) is 0.166. The Balaban J connectivity index is 1.28. The molecule has 2 aliphatic heterocycles. The second-order valence-electron chi connectivity index (χ2n) is 8.48. The number of aromatic nitrogens is 1. The van der Waals surface area contributed by atoms with Crippen molar-refractivity contribution in [1.82, 2.24) is 15.2 Å². The zero-order valence-electron chi connectivity index (χ0n) is 19.9. The summed E-state index contributed by atoms with van der Waals surface area (Å²) in [6.07, 6.45) is 2.27. The number of anilines is 3. The molecule has 12 nitrogen and oxygen atoms in total. The highest BCUT2D eigenvalue weighted by molar-refractivity contribution is 6.21. The topological polar surface area (TPSA) is 196 Å². The zero-order valence-corrected chi connectivity index (χ0v) is 19.9. The summed E-state index contributed by atoms with van der Waals surface area (Å²) in [5.41, 5.74) is 14.4. The van der Waals surface area contributed by atoms with Crippen molar-refractivity contribution in [3.8, 4) is 18.0 Å². The van der Waals surface area contributed by atoms with Gasteiger partial charge >= 0.3 is 0 Å². The van der Waals surface area contributed by atoms with Gasteiger partial charge in [-0.15, -0.1) is 0 Å². The highest BCUT2D eigenvalue weighted by Gasteiger charge is 2.34. The number of fused-ring (bicyclic) bond motifs is 2. The monoisotopic (exact) mass is 507 g/mol. The fraction of sp³-hybridized carbons (Fsp3) is 0.154. The molecular formula is C26H21N9O3. The highest BCUT2D eigenvalue weighted by atomic mass is 16.5. The van der Waals surface area contributed by atoms with Crippen molar-refractivity contribution in [3.05, 3.63) is 76.3 Å². The van der Waals surface area contributed by atoms with Crippen molar-refractivity contribution in [2.75, 3.05) is 29.9 Å². The summed E-state index contributed by atoms with van der Waals surface area (Å²) in [6, 6.07) is 15.1. The predicted octanol–water partition coefficient (Wildman–Crippen LogP) is 2.12. The maximum atomic E-state index is 12.5. The average molecular weight is 508 g/mol. The number of carbonyl (C=O) groups is 2. The van der Waals surface area contributed by atoms with Crippen LogP contribution in [0.3, 0.4) is 0 Å². The molecule has 0 bridgehead atoms. The molecule has 0 radical (unpaired) electrons. The van der Waals surface area contributed by atoms with E-state index < -0.39 is 6.04 Å². The lowest BCUT2D eigenvalue weighted by Crippen LogP contribution is -2.32. The molecular weight excluding hydrogens is 486 g/mol. The van der Waals surface area contributed by atoms with Gasteiger partial charge in [0.05, 0.1) is 23.4 Å². The van der Waals surface area contributed by atoms with Gasteiger partial charge in [0, 0.05) is 12.1 Å². The molecule has 2 amide bonds. The number of hydrogen-bond donors (Lipinski definition) is 4. The molecule has 2 aromatic carbocycles. The van der Waals surface area contributed by atoms with E-state index in [9.17, 15) is 14.9 Å². The van der Waals surface area contributed by atoms with Crippen LogP contribution < -0.4 is 26.8 Å². The van der Waals surface area contributed by atoms with Gasteiger partial charge in [-0.25, -0.2) is 9.98 Å². The van der Waals surface area contributed by atoms with Crippen LogP contribution in [0.15, 0.2) is 53.5 Å². The first-order chi connectivity index (χ1) is 18.4. The van der Waals surface area contributed by atoms with Gasteiger partial charge in [-0.05, 0) is 36.2 Å². The number of guanidine groups is 1. The van der Waals surface area contributed by atoms with Crippen LogP contribution in [0.25, 0.3) is 0 Å². The molecule has 38 heavy (non-hydrogen) atoms. The third-order valence-electron chi connectivity index (χ3n) is 6.23. The number of nitrogens with one attached hydrogen (secondary N) is 2. The third kappa shape index (κ3) is 4.16. The molecule has 3 heterocycles. The van der Waals surface area contributed by atoms with E-state index in [1.165, 1.54) is 4.90 Å². The van der Waals surface area contributed by atoms with Gasteiger partial charge in [0.25, 0.3) is 11.8 Å². The van der Waals surface area contributed by atoms with Crippen LogP contribution in [0.2, 0.25) is 0 Å². The van der Waals surface area contributed by atoms with Gasteiger partial charge in [-0.3, -0.25) is 19.8 Å². The van der Waals surface area contributed by atoms with E-state index in [0.29, 0.717) is 46.8 Å². The van der Waals surface area contributed by atoms with Crippen molar-refractivity contribution >= 4 is 35.1 Å². The number of benzene rings is 2. The van der Waals surface area contributed by atoms with Gasteiger partial charge in [-0.2, -0.15) is 10.5 Å².